The zero-order chi connectivity index (χ0) is 28.7. The minimum absolute atomic E-state index is 0.181. The molecule has 1 fully saturated rings. The summed E-state index contributed by atoms with van der Waals surface area (Å²) >= 11 is 0. The van der Waals surface area contributed by atoms with Crippen molar-refractivity contribution in [3.63, 3.8) is 0 Å². The van der Waals surface area contributed by atoms with Gasteiger partial charge in [0.1, 0.15) is 5.75 Å². The van der Waals surface area contributed by atoms with E-state index in [0.29, 0.717) is 11.3 Å². The van der Waals surface area contributed by atoms with Crippen molar-refractivity contribution in [1.29, 1.82) is 0 Å². The molecule has 0 atom stereocenters. The van der Waals surface area contributed by atoms with E-state index in [0.717, 1.165) is 0 Å². The SMILES string of the molecule is CC(C)Oc1cccc(C2OCC(CCC(F)(F)C(F)(F)C(F)(F)C(F)(F)C(F)(F)C(F)(F)F)CO2)c1. The smallest absolute Gasteiger partial charge is 0.460 e. The maximum absolute atomic E-state index is 14.0. The molecule has 0 aromatic heterocycles. The first kappa shape index (κ1) is 31.2. The lowest BCUT2D eigenvalue weighted by atomic mass is 9.90. The highest BCUT2D eigenvalue weighted by Gasteiger charge is 2.90. The van der Waals surface area contributed by atoms with E-state index in [4.69, 9.17) is 14.2 Å². The average molecular weight is 568 g/mol. The average Bonchev–Trinajstić information content (AvgIpc) is 2.76. The van der Waals surface area contributed by atoms with Gasteiger partial charge < -0.3 is 14.2 Å². The fraction of sp³-hybridized carbons (Fsp3) is 0.714. The van der Waals surface area contributed by atoms with Crippen molar-refractivity contribution < 1.29 is 71.3 Å². The number of hydrogen-bond donors (Lipinski definition) is 0. The van der Waals surface area contributed by atoms with Gasteiger partial charge in [-0.15, -0.1) is 0 Å². The van der Waals surface area contributed by atoms with Gasteiger partial charge in [0.15, 0.2) is 6.29 Å². The Bertz CT molecular complexity index is 907. The van der Waals surface area contributed by atoms with Crippen molar-refractivity contribution in [3.05, 3.63) is 29.8 Å². The van der Waals surface area contributed by atoms with Crippen LogP contribution in [0.3, 0.4) is 0 Å². The van der Waals surface area contributed by atoms with E-state index in [1.807, 2.05) is 0 Å². The third-order valence-electron chi connectivity index (χ3n) is 5.33. The molecule has 0 radical (unpaired) electrons. The molecule has 0 unspecified atom stereocenters. The molecule has 1 aliphatic rings. The molecule has 1 aromatic carbocycles. The van der Waals surface area contributed by atoms with Gasteiger partial charge in [0.25, 0.3) is 0 Å². The fourth-order valence-electron chi connectivity index (χ4n) is 3.25. The predicted octanol–water partition coefficient (Wildman–Crippen LogP) is 7.65. The zero-order valence-electron chi connectivity index (χ0n) is 19.0. The number of alkyl halides is 13. The number of halogens is 13. The molecule has 0 N–H and O–H groups in total. The molecule has 16 heteroatoms. The summed E-state index contributed by atoms with van der Waals surface area (Å²) < 4.78 is 188. The van der Waals surface area contributed by atoms with E-state index in [1.54, 1.807) is 32.0 Å². The summed E-state index contributed by atoms with van der Waals surface area (Å²) in [7, 11) is 0. The Hall–Kier alpha value is -1.97. The van der Waals surface area contributed by atoms with Crippen LogP contribution in [-0.4, -0.2) is 55.1 Å². The lowest BCUT2D eigenvalue weighted by molar-refractivity contribution is -0.440. The van der Waals surface area contributed by atoms with Crippen LogP contribution in [0.4, 0.5) is 57.1 Å². The van der Waals surface area contributed by atoms with E-state index < -0.39 is 74.1 Å². The first-order valence-electron chi connectivity index (χ1n) is 10.5. The summed E-state index contributed by atoms with van der Waals surface area (Å²) in [6.07, 6.45) is -12.0. The number of hydrogen-bond acceptors (Lipinski definition) is 3. The highest BCUT2D eigenvalue weighted by atomic mass is 19.4. The van der Waals surface area contributed by atoms with E-state index in [9.17, 15) is 57.1 Å². The van der Waals surface area contributed by atoms with Gasteiger partial charge in [-0.25, -0.2) is 0 Å². The lowest BCUT2D eigenvalue weighted by Crippen LogP contribution is -2.70. The molecule has 1 heterocycles. The van der Waals surface area contributed by atoms with Gasteiger partial charge >= 0.3 is 35.8 Å². The number of rotatable bonds is 10. The Kier molecular flexibility index (Phi) is 8.70. The fourth-order valence-corrected chi connectivity index (χ4v) is 3.25. The van der Waals surface area contributed by atoms with Crippen molar-refractivity contribution in [2.75, 3.05) is 13.2 Å². The van der Waals surface area contributed by atoms with E-state index >= 15 is 0 Å². The second kappa shape index (κ2) is 10.3. The molecule has 2 rings (SSSR count). The van der Waals surface area contributed by atoms with Crippen LogP contribution in [0.2, 0.25) is 0 Å². The van der Waals surface area contributed by atoms with E-state index in [-0.39, 0.29) is 6.10 Å². The minimum Gasteiger partial charge on any atom is -0.491 e. The summed E-state index contributed by atoms with van der Waals surface area (Å²) in [5.41, 5.74) is 0.418. The van der Waals surface area contributed by atoms with Crippen molar-refractivity contribution in [1.82, 2.24) is 0 Å². The van der Waals surface area contributed by atoms with Gasteiger partial charge in [0.05, 0.1) is 19.3 Å². The summed E-state index contributed by atoms with van der Waals surface area (Å²) in [6, 6.07) is 6.26. The van der Waals surface area contributed by atoms with E-state index in [2.05, 4.69) is 0 Å². The third-order valence-corrected chi connectivity index (χ3v) is 5.33. The summed E-state index contributed by atoms with van der Waals surface area (Å²) in [5, 5.41) is 0. The summed E-state index contributed by atoms with van der Waals surface area (Å²) in [6.45, 7) is 2.62. The van der Waals surface area contributed by atoms with Crippen LogP contribution >= 0.6 is 0 Å². The molecule has 214 valence electrons. The molecule has 3 nitrogen and oxygen atoms in total. The highest BCUT2D eigenvalue weighted by molar-refractivity contribution is 5.29. The highest BCUT2D eigenvalue weighted by Crippen LogP contribution is 2.60. The lowest BCUT2D eigenvalue weighted by Gasteiger charge is -2.40. The van der Waals surface area contributed by atoms with E-state index in [1.165, 1.54) is 6.07 Å². The number of ether oxygens (including phenoxy) is 3. The second-order valence-electron chi connectivity index (χ2n) is 8.64. The molecule has 0 amide bonds. The normalized spacial score (nSPS) is 20.9. The van der Waals surface area contributed by atoms with Gasteiger partial charge in [-0.3, -0.25) is 0 Å². The summed E-state index contributed by atoms with van der Waals surface area (Å²) in [5.74, 6) is -37.5. The number of benzene rings is 1. The molecule has 37 heavy (non-hydrogen) atoms. The molecule has 1 aromatic rings. The minimum atomic E-state index is -7.90. The molecular formula is C21H21F13O3. The molecular weight excluding hydrogens is 547 g/mol. The van der Waals surface area contributed by atoms with Gasteiger partial charge in [-0.2, -0.15) is 57.1 Å². The molecule has 0 saturated carbocycles. The maximum atomic E-state index is 14.0. The standard InChI is InChI=1S/C21H21F13O3/c1-11(2)37-14-5-3-4-13(8-14)15-35-9-12(10-36-15)6-7-16(22,23)17(24,25)18(26,27)19(28,29)20(30,31)21(32,33)34/h3-5,8,11-12,15H,6-7,9-10H2,1-2H3. The van der Waals surface area contributed by atoms with Gasteiger partial charge in [-0.05, 0) is 32.4 Å². The molecule has 1 saturated heterocycles. The zero-order valence-corrected chi connectivity index (χ0v) is 19.0. The Morgan fingerprint density at radius 1 is 0.784 bits per heavy atom. The first-order chi connectivity index (χ1) is 16.6. The molecule has 1 aliphatic heterocycles. The quantitative estimate of drug-likeness (QED) is 0.272. The van der Waals surface area contributed by atoms with Gasteiger partial charge in [0, 0.05) is 17.9 Å². The van der Waals surface area contributed by atoms with Gasteiger partial charge in [0.2, 0.25) is 0 Å². The van der Waals surface area contributed by atoms with Crippen molar-refractivity contribution in [3.8, 4) is 5.75 Å². The first-order valence-corrected chi connectivity index (χ1v) is 10.5. The van der Waals surface area contributed by atoms with Gasteiger partial charge in [-0.1, -0.05) is 12.1 Å². The monoisotopic (exact) mass is 568 g/mol. The van der Waals surface area contributed by atoms with Crippen LogP contribution < -0.4 is 4.74 Å². The van der Waals surface area contributed by atoms with Crippen molar-refractivity contribution in [2.24, 2.45) is 5.92 Å². The maximum Gasteiger partial charge on any atom is 0.460 e. The van der Waals surface area contributed by atoms with Crippen LogP contribution in [0.1, 0.15) is 38.5 Å². The van der Waals surface area contributed by atoms with Crippen LogP contribution in [0.5, 0.6) is 5.75 Å². The third kappa shape index (κ3) is 5.88. The Balaban J connectivity index is 2.07. The Morgan fingerprint density at radius 3 is 1.78 bits per heavy atom. The predicted molar refractivity (Wildman–Crippen MR) is 100 cm³/mol. The molecule has 0 aliphatic carbocycles. The topological polar surface area (TPSA) is 27.7 Å². The van der Waals surface area contributed by atoms with Crippen molar-refractivity contribution in [2.45, 2.75) is 74.9 Å². The molecule has 0 bridgehead atoms. The second-order valence-corrected chi connectivity index (χ2v) is 8.64. The Labute approximate surface area is 201 Å². The largest absolute Gasteiger partial charge is 0.491 e. The Morgan fingerprint density at radius 2 is 1.30 bits per heavy atom. The van der Waals surface area contributed by atoms with Crippen LogP contribution in [0.15, 0.2) is 24.3 Å². The molecule has 0 spiro atoms. The van der Waals surface area contributed by atoms with Crippen LogP contribution in [-0.2, 0) is 9.47 Å². The van der Waals surface area contributed by atoms with Crippen molar-refractivity contribution >= 4 is 0 Å². The van der Waals surface area contributed by atoms with Crippen LogP contribution in [0, 0.1) is 5.92 Å². The summed E-state index contributed by atoms with van der Waals surface area (Å²) in [4.78, 5) is 0. The van der Waals surface area contributed by atoms with Crippen LogP contribution in [0.25, 0.3) is 0 Å².